The van der Waals surface area contributed by atoms with Gasteiger partial charge in [-0.05, 0) is 74.6 Å². The second-order valence-electron chi connectivity index (χ2n) is 10.3. The van der Waals surface area contributed by atoms with E-state index in [0.717, 1.165) is 60.6 Å². The fraction of sp³-hybridized carbons (Fsp3) is 0.481. The van der Waals surface area contributed by atoms with Crippen molar-refractivity contribution in [2.45, 2.75) is 68.5 Å². The third kappa shape index (κ3) is 5.75. The standard InChI is InChI=1S/C26H31N7O2S.CH4.3H2/c1-16-12-22(32-31-16)28-21-13-23(33-14-26(35,15-33)18-6-7-18)30-25(29-21)36-20-10-8-19(9-11-20)27-24(34)17-4-2-3-5-17;;;;/h8-13,17-18,35H,2-7,14-15H2,1H3,(H,27,34)(H2,28,29,30,31,32);1H4;3*1H. The SMILES string of the molecule is C.Cc1cc(Nc2cc(N3CC(O)(C4CC4)C3)nc(Sc3ccc(NC(=O)C4CCCC4)cc3)n2)n[nH]1.[HH].[HH].[HH]. The Balaban J connectivity index is 0.00000140. The normalized spacial score (nSPS) is 18.7. The summed E-state index contributed by atoms with van der Waals surface area (Å²) < 4.78 is 0. The molecule has 6 rings (SSSR count). The molecule has 0 spiro atoms. The van der Waals surface area contributed by atoms with Crippen molar-refractivity contribution in [3.63, 3.8) is 0 Å². The molecule has 2 aromatic heterocycles. The number of hydrogen-bond acceptors (Lipinski definition) is 8. The maximum atomic E-state index is 12.4. The average Bonchev–Trinajstić information content (AvgIpc) is 3.39. The van der Waals surface area contributed by atoms with Crippen LogP contribution in [0.2, 0.25) is 0 Å². The molecule has 0 radical (unpaired) electrons. The summed E-state index contributed by atoms with van der Waals surface area (Å²) in [5.74, 6) is 2.80. The van der Waals surface area contributed by atoms with Gasteiger partial charge < -0.3 is 20.6 Å². The molecule has 1 saturated heterocycles. The van der Waals surface area contributed by atoms with Gasteiger partial charge in [-0.3, -0.25) is 9.89 Å². The number of benzene rings is 1. The van der Waals surface area contributed by atoms with E-state index in [2.05, 4.69) is 25.7 Å². The zero-order valence-corrected chi connectivity index (χ0v) is 21.1. The van der Waals surface area contributed by atoms with Crippen LogP contribution in [0, 0.1) is 18.8 Å². The van der Waals surface area contributed by atoms with Crippen molar-refractivity contribution in [2.75, 3.05) is 28.6 Å². The molecule has 1 aromatic carbocycles. The predicted molar refractivity (Wildman–Crippen MR) is 153 cm³/mol. The molecule has 202 valence electrons. The van der Waals surface area contributed by atoms with E-state index in [0.29, 0.717) is 35.8 Å². The smallest absolute Gasteiger partial charge is 0.227 e. The van der Waals surface area contributed by atoms with E-state index in [4.69, 9.17) is 9.97 Å². The van der Waals surface area contributed by atoms with Crippen molar-refractivity contribution in [3.05, 3.63) is 42.1 Å². The quantitative estimate of drug-likeness (QED) is 0.269. The fourth-order valence-corrected chi connectivity index (χ4v) is 5.86. The number of nitrogens with one attached hydrogen (secondary N) is 3. The number of aryl methyl sites for hydroxylation is 1. The maximum absolute atomic E-state index is 12.4. The first kappa shape index (κ1) is 25.5. The number of nitrogens with zero attached hydrogens (tertiary/aromatic N) is 4. The zero-order chi connectivity index (χ0) is 24.7. The molecule has 3 heterocycles. The van der Waals surface area contributed by atoms with E-state index in [1.54, 1.807) is 0 Å². The molecular weight excluding hydrogens is 486 g/mol. The lowest BCUT2D eigenvalue weighted by Crippen LogP contribution is -2.63. The highest BCUT2D eigenvalue weighted by Crippen LogP contribution is 2.45. The first-order valence-electron chi connectivity index (χ1n) is 12.7. The summed E-state index contributed by atoms with van der Waals surface area (Å²) in [6.45, 7) is 3.13. The van der Waals surface area contributed by atoms with Gasteiger partial charge in [0, 0.05) is 38.6 Å². The number of anilines is 4. The molecule has 3 aromatic rings. The molecule has 10 heteroatoms. The van der Waals surface area contributed by atoms with Crippen LogP contribution in [-0.4, -0.2) is 49.9 Å². The fourth-order valence-electron chi connectivity index (χ4n) is 5.10. The number of aromatic nitrogens is 4. The molecule has 1 amide bonds. The van der Waals surface area contributed by atoms with Crippen LogP contribution >= 0.6 is 11.8 Å². The number of rotatable bonds is 8. The van der Waals surface area contributed by atoms with Crippen molar-refractivity contribution in [1.29, 1.82) is 0 Å². The monoisotopic (exact) mass is 527 g/mol. The minimum absolute atomic E-state index is 0. The number of aliphatic hydroxyl groups is 1. The molecule has 0 bridgehead atoms. The third-order valence-electron chi connectivity index (χ3n) is 7.30. The number of carbonyl (C=O) groups is 1. The second kappa shape index (κ2) is 10.3. The first-order valence-corrected chi connectivity index (χ1v) is 13.5. The summed E-state index contributed by atoms with van der Waals surface area (Å²) in [6, 6.07) is 11.6. The van der Waals surface area contributed by atoms with Crippen LogP contribution < -0.4 is 15.5 Å². The van der Waals surface area contributed by atoms with Gasteiger partial charge in [-0.1, -0.05) is 20.3 Å². The van der Waals surface area contributed by atoms with Gasteiger partial charge in [-0.25, -0.2) is 9.97 Å². The molecule has 3 fully saturated rings. The van der Waals surface area contributed by atoms with Gasteiger partial charge in [0.05, 0.1) is 13.1 Å². The van der Waals surface area contributed by atoms with Gasteiger partial charge in [-0.2, -0.15) is 5.10 Å². The Morgan fingerprint density at radius 3 is 2.49 bits per heavy atom. The van der Waals surface area contributed by atoms with Crippen LogP contribution in [0.4, 0.5) is 23.1 Å². The van der Waals surface area contributed by atoms with Crippen LogP contribution in [-0.2, 0) is 4.79 Å². The lowest BCUT2D eigenvalue weighted by atomic mass is 9.89. The topological polar surface area (TPSA) is 119 Å². The average molecular weight is 528 g/mol. The molecule has 4 N–H and O–H groups in total. The Bertz CT molecular complexity index is 1260. The summed E-state index contributed by atoms with van der Waals surface area (Å²) in [7, 11) is 0. The van der Waals surface area contributed by atoms with E-state index < -0.39 is 5.60 Å². The van der Waals surface area contributed by atoms with E-state index in [1.807, 2.05) is 43.3 Å². The molecule has 0 unspecified atom stereocenters. The number of carbonyl (C=O) groups excluding carboxylic acids is 1. The van der Waals surface area contributed by atoms with Crippen LogP contribution in [0.3, 0.4) is 0 Å². The highest BCUT2D eigenvalue weighted by Gasteiger charge is 2.52. The molecule has 9 nitrogen and oxygen atoms in total. The first-order chi connectivity index (χ1) is 17.4. The highest BCUT2D eigenvalue weighted by molar-refractivity contribution is 7.99. The van der Waals surface area contributed by atoms with E-state index in [1.165, 1.54) is 11.8 Å². The molecule has 0 atom stereocenters. The summed E-state index contributed by atoms with van der Waals surface area (Å²) in [6.07, 6.45) is 6.46. The molecule has 3 aliphatic rings. The zero-order valence-electron chi connectivity index (χ0n) is 20.3. The second-order valence-corrected chi connectivity index (χ2v) is 11.3. The summed E-state index contributed by atoms with van der Waals surface area (Å²) in [5, 5.41) is 24.9. The molecule has 2 aliphatic carbocycles. The molecule has 37 heavy (non-hydrogen) atoms. The van der Waals surface area contributed by atoms with Gasteiger partial charge in [0.2, 0.25) is 5.91 Å². The number of hydrogen-bond donors (Lipinski definition) is 4. The van der Waals surface area contributed by atoms with Gasteiger partial charge in [0.1, 0.15) is 17.2 Å². The Morgan fingerprint density at radius 2 is 1.84 bits per heavy atom. The van der Waals surface area contributed by atoms with Gasteiger partial charge >= 0.3 is 0 Å². The summed E-state index contributed by atoms with van der Waals surface area (Å²) in [5.41, 5.74) is 1.17. The minimum Gasteiger partial charge on any atom is -0.386 e. The maximum Gasteiger partial charge on any atom is 0.227 e. The number of aromatic amines is 1. The number of H-pyrrole nitrogens is 1. The Hall–Kier alpha value is -3.11. The third-order valence-corrected chi connectivity index (χ3v) is 8.17. The van der Waals surface area contributed by atoms with E-state index in [-0.39, 0.29) is 23.5 Å². The molecule has 1 aliphatic heterocycles. The van der Waals surface area contributed by atoms with Crippen LogP contribution in [0.15, 0.2) is 46.5 Å². The lowest BCUT2D eigenvalue weighted by molar-refractivity contribution is -0.119. The van der Waals surface area contributed by atoms with Gasteiger partial charge in [-0.15, -0.1) is 0 Å². The summed E-state index contributed by atoms with van der Waals surface area (Å²) in [4.78, 5) is 25.0. The van der Waals surface area contributed by atoms with Crippen LogP contribution in [0.25, 0.3) is 0 Å². The highest BCUT2D eigenvalue weighted by atomic mass is 32.2. The number of amides is 1. The Morgan fingerprint density at radius 1 is 1.11 bits per heavy atom. The molecule has 2 saturated carbocycles. The number of β-amino-alcohol motifs (C(OH)–C–C–N with tert-alkyl or cyclic N) is 1. The largest absolute Gasteiger partial charge is 0.386 e. The van der Waals surface area contributed by atoms with Crippen LogP contribution in [0.5, 0.6) is 0 Å². The van der Waals surface area contributed by atoms with E-state index >= 15 is 0 Å². The van der Waals surface area contributed by atoms with Crippen molar-refractivity contribution < 1.29 is 14.2 Å². The Kier molecular flexibility index (Phi) is 7.13. The summed E-state index contributed by atoms with van der Waals surface area (Å²) >= 11 is 1.46. The van der Waals surface area contributed by atoms with Crippen LogP contribution in [0.1, 0.15) is 55.9 Å². The van der Waals surface area contributed by atoms with Crippen molar-refractivity contribution in [3.8, 4) is 0 Å². The Labute approximate surface area is 226 Å². The molecular formula is C27H41N7O2S. The van der Waals surface area contributed by atoms with Crippen molar-refractivity contribution in [1.82, 2.24) is 20.2 Å². The minimum atomic E-state index is -0.593. The lowest BCUT2D eigenvalue weighted by Gasteiger charge is -2.47. The van der Waals surface area contributed by atoms with Gasteiger partial charge in [0.25, 0.3) is 0 Å². The van der Waals surface area contributed by atoms with Crippen molar-refractivity contribution >= 4 is 40.8 Å². The van der Waals surface area contributed by atoms with Crippen molar-refractivity contribution in [2.24, 2.45) is 11.8 Å². The predicted octanol–water partition coefficient (Wildman–Crippen LogP) is 5.87. The van der Waals surface area contributed by atoms with Gasteiger partial charge in [0.15, 0.2) is 11.0 Å². The van der Waals surface area contributed by atoms with E-state index in [9.17, 15) is 9.90 Å².